The number of hydrogen-bond acceptors (Lipinski definition) is 5. The Kier molecular flexibility index (Phi) is 6.14. The van der Waals surface area contributed by atoms with Gasteiger partial charge < -0.3 is 20.3 Å². The molecule has 0 spiro atoms. The van der Waals surface area contributed by atoms with Crippen LogP contribution < -0.4 is 10.6 Å². The van der Waals surface area contributed by atoms with Gasteiger partial charge in [-0.05, 0) is 12.8 Å². The molecule has 2 amide bonds. The largest absolute Gasteiger partial charge is 0.392 e. The monoisotopic (exact) mass is 298 g/mol. The number of urea groups is 1. The Morgan fingerprint density at radius 2 is 2.05 bits per heavy atom. The molecule has 0 saturated heterocycles. The molecule has 1 unspecified atom stereocenters. The van der Waals surface area contributed by atoms with Gasteiger partial charge in [-0.3, -0.25) is 0 Å². The zero-order chi connectivity index (χ0) is 16.0. The van der Waals surface area contributed by atoms with E-state index in [1.165, 1.54) is 0 Å². The Morgan fingerprint density at radius 3 is 2.57 bits per heavy atom. The van der Waals surface area contributed by atoms with Crippen LogP contribution in [0.25, 0.3) is 0 Å². The number of nitrogens with zero attached hydrogens (tertiary/aromatic N) is 2. The molecule has 1 aromatic rings. The topological polar surface area (TPSA) is 100 Å². The molecule has 1 rings (SSSR count). The van der Waals surface area contributed by atoms with E-state index in [9.17, 15) is 9.90 Å². The maximum absolute atomic E-state index is 11.7. The van der Waals surface area contributed by atoms with Crippen molar-refractivity contribution in [3.63, 3.8) is 0 Å². The summed E-state index contributed by atoms with van der Waals surface area (Å²) in [6.45, 7) is 10.3. The van der Waals surface area contributed by atoms with Crippen molar-refractivity contribution < 1.29 is 14.4 Å². The summed E-state index contributed by atoms with van der Waals surface area (Å²) < 4.78 is 4.95. The molecule has 0 fully saturated rings. The van der Waals surface area contributed by atoms with Crippen LogP contribution in [0.5, 0.6) is 0 Å². The van der Waals surface area contributed by atoms with Crippen LogP contribution in [-0.2, 0) is 6.42 Å². The van der Waals surface area contributed by atoms with Gasteiger partial charge in [-0.1, -0.05) is 32.9 Å². The fourth-order valence-corrected chi connectivity index (χ4v) is 2.10. The summed E-state index contributed by atoms with van der Waals surface area (Å²) in [5, 5.41) is 19.3. The number of rotatable bonds is 7. The minimum Gasteiger partial charge on any atom is -0.392 e. The Hall–Kier alpha value is -1.63. The number of carbonyl (C=O) groups excluding carboxylic acids is 1. The van der Waals surface area contributed by atoms with E-state index in [0.29, 0.717) is 31.2 Å². The maximum atomic E-state index is 11.7. The molecule has 0 aliphatic carbocycles. The number of aliphatic hydroxyl groups excluding tert-OH is 1. The van der Waals surface area contributed by atoms with Crippen molar-refractivity contribution in [3.05, 3.63) is 11.7 Å². The number of aromatic nitrogens is 2. The molecular weight excluding hydrogens is 272 g/mol. The van der Waals surface area contributed by atoms with E-state index >= 15 is 0 Å². The number of carbonyl (C=O) groups is 1. The summed E-state index contributed by atoms with van der Waals surface area (Å²) in [5.41, 5.74) is -0.380. The van der Waals surface area contributed by atoms with E-state index in [1.54, 1.807) is 6.92 Å². The highest BCUT2D eigenvalue weighted by Gasteiger charge is 2.30. The van der Waals surface area contributed by atoms with Crippen LogP contribution >= 0.6 is 0 Å². The molecule has 0 aliphatic rings. The van der Waals surface area contributed by atoms with Gasteiger partial charge in [-0.2, -0.15) is 4.98 Å². The SMILES string of the molecule is Cc1noc(CCNC(=O)NCC(C)(C)C(O)C(C)C)n1. The standard InChI is InChI=1S/C14H26N4O3/c1-9(2)12(19)14(4,5)8-16-13(20)15-7-6-11-17-10(3)18-21-11/h9,12,19H,6-8H2,1-5H3,(H2,15,16,20). The lowest BCUT2D eigenvalue weighted by molar-refractivity contribution is 0.0151. The van der Waals surface area contributed by atoms with E-state index in [-0.39, 0.29) is 17.4 Å². The van der Waals surface area contributed by atoms with E-state index in [2.05, 4.69) is 20.8 Å². The molecule has 7 heteroatoms. The number of aliphatic hydroxyl groups is 1. The predicted octanol–water partition coefficient (Wildman–Crippen LogP) is 1.26. The van der Waals surface area contributed by atoms with Crippen molar-refractivity contribution in [1.82, 2.24) is 20.8 Å². The van der Waals surface area contributed by atoms with Crippen molar-refractivity contribution in [1.29, 1.82) is 0 Å². The highest BCUT2D eigenvalue weighted by molar-refractivity contribution is 5.73. The van der Waals surface area contributed by atoms with E-state index in [4.69, 9.17) is 4.52 Å². The van der Waals surface area contributed by atoms with Crippen LogP contribution in [0.15, 0.2) is 4.52 Å². The average molecular weight is 298 g/mol. The summed E-state index contributed by atoms with van der Waals surface area (Å²) in [6, 6.07) is -0.268. The highest BCUT2D eigenvalue weighted by atomic mass is 16.5. The van der Waals surface area contributed by atoms with Crippen molar-refractivity contribution in [2.45, 2.75) is 47.1 Å². The third-order valence-corrected chi connectivity index (χ3v) is 3.33. The van der Waals surface area contributed by atoms with Gasteiger partial charge in [0.2, 0.25) is 5.89 Å². The second-order valence-corrected chi connectivity index (χ2v) is 6.27. The lowest BCUT2D eigenvalue weighted by Gasteiger charge is -2.33. The van der Waals surface area contributed by atoms with Gasteiger partial charge in [-0.25, -0.2) is 4.79 Å². The fraction of sp³-hybridized carbons (Fsp3) is 0.786. The minimum absolute atomic E-state index is 0.144. The molecule has 0 radical (unpaired) electrons. The fourth-order valence-electron chi connectivity index (χ4n) is 2.10. The normalized spacial score (nSPS) is 13.3. The lowest BCUT2D eigenvalue weighted by atomic mass is 9.81. The Balaban J connectivity index is 2.27. The summed E-state index contributed by atoms with van der Waals surface area (Å²) in [6.07, 6.45) is 0.0193. The summed E-state index contributed by atoms with van der Waals surface area (Å²) >= 11 is 0. The smallest absolute Gasteiger partial charge is 0.314 e. The first kappa shape index (κ1) is 17.4. The van der Waals surface area contributed by atoms with Crippen molar-refractivity contribution in [2.24, 2.45) is 11.3 Å². The van der Waals surface area contributed by atoms with Gasteiger partial charge in [0, 0.05) is 24.9 Å². The molecule has 1 heterocycles. The Morgan fingerprint density at radius 1 is 1.38 bits per heavy atom. The first-order chi connectivity index (χ1) is 9.72. The van der Waals surface area contributed by atoms with Crippen molar-refractivity contribution >= 4 is 6.03 Å². The Bertz CT molecular complexity index is 457. The van der Waals surface area contributed by atoms with E-state index in [1.807, 2.05) is 27.7 Å². The molecule has 1 aromatic heterocycles. The summed E-state index contributed by atoms with van der Waals surface area (Å²) in [4.78, 5) is 15.8. The van der Waals surface area contributed by atoms with Crippen molar-refractivity contribution in [3.8, 4) is 0 Å². The van der Waals surface area contributed by atoms with Gasteiger partial charge in [0.05, 0.1) is 6.10 Å². The van der Waals surface area contributed by atoms with Gasteiger partial charge >= 0.3 is 6.03 Å². The third-order valence-electron chi connectivity index (χ3n) is 3.33. The molecule has 0 aliphatic heterocycles. The average Bonchev–Trinajstić information content (AvgIpc) is 2.81. The second-order valence-electron chi connectivity index (χ2n) is 6.27. The van der Waals surface area contributed by atoms with Crippen LogP contribution in [0.4, 0.5) is 4.79 Å². The number of aryl methyl sites for hydroxylation is 1. The molecular formula is C14H26N4O3. The summed E-state index contributed by atoms with van der Waals surface area (Å²) in [5.74, 6) is 1.23. The molecule has 0 aromatic carbocycles. The number of amides is 2. The molecule has 7 nitrogen and oxygen atoms in total. The zero-order valence-electron chi connectivity index (χ0n) is 13.4. The zero-order valence-corrected chi connectivity index (χ0v) is 13.4. The lowest BCUT2D eigenvalue weighted by Crippen LogP contribution is -2.46. The molecule has 0 saturated carbocycles. The van der Waals surface area contributed by atoms with Gasteiger partial charge in [0.1, 0.15) is 0 Å². The Labute approximate surface area is 125 Å². The second kappa shape index (κ2) is 7.40. The van der Waals surface area contributed by atoms with Crippen molar-refractivity contribution in [2.75, 3.05) is 13.1 Å². The van der Waals surface area contributed by atoms with Gasteiger partial charge in [-0.15, -0.1) is 0 Å². The molecule has 21 heavy (non-hydrogen) atoms. The predicted molar refractivity (Wildman–Crippen MR) is 78.8 cm³/mol. The molecule has 1 atom stereocenters. The quantitative estimate of drug-likeness (QED) is 0.703. The summed E-state index contributed by atoms with van der Waals surface area (Å²) in [7, 11) is 0. The minimum atomic E-state index is -0.473. The van der Waals surface area contributed by atoms with E-state index < -0.39 is 6.10 Å². The van der Waals surface area contributed by atoms with Gasteiger partial charge in [0.25, 0.3) is 0 Å². The molecule has 120 valence electrons. The van der Waals surface area contributed by atoms with Crippen LogP contribution in [0.2, 0.25) is 0 Å². The van der Waals surface area contributed by atoms with E-state index in [0.717, 1.165) is 0 Å². The van der Waals surface area contributed by atoms with Crippen LogP contribution in [0.3, 0.4) is 0 Å². The molecule has 3 N–H and O–H groups in total. The molecule has 0 bridgehead atoms. The highest BCUT2D eigenvalue weighted by Crippen LogP contribution is 2.24. The van der Waals surface area contributed by atoms with Crippen LogP contribution in [-0.4, -0.2) is 40.5 Å². The number of hydrogen-bond donors (Lipinski definition) is 3. The number of nitrogens with one attached hydrogen (secondary N) is 2. The first-order valence-electron chi connectivity index (χ1n) is 7.21. The third kappa shape index (κ3) is 5.71. The maximum Gasteiger partial charge on any atom is 0.314 e. The van der Waals surface area contributed by atoms with Crippen LogP contribution in [0.1, 0.15) is 39.4 Å². The first-order valence-corrected chi connectivity index (χ1v) is 7.21. The van der Waals surface area contributed by atoms with Gasteiger partial charge in [0.15, 0.2) is 5.82 Å². The van der Waals surface area contributed by atoms with Crippen LogP contribution in [0, 0.1) is 18.3 Å².